The number of aryl methyl sites for hydroxylation is 1. The van der Waals surface area contributed by atoms with Gasteiger partial charge in [-0.2, -0.15) is 0 Å². The Morgan fingerprint density at radius 3 is 2.63 bits per heavy atom. The summed E-state index contributed by atoms with van der Waals surface area (Å²) < 4.78 is 32.4. The lowest BCUT2D eigenvalue weighted by Gasteiger charge is -2.10. The zero-order chi connectivity index (χ0) is 19.9. The summed E-state index contributed by atoms with van der Waals surface area (Å²) in [6, 6.07) is 11.8. The highest BCUT2D eigenvalue weighted by atomic mass is 32.2. The molecule has 0 unspecified atom stereocenters. The number of hydrogen-bond acceptors (Lipinski definition) is 4. The standard InChI is InChI=1S/C20H26N2O4S/c1-4-5-11-21-27(24,25)18-8-6-7-17(14-18)22-20(23)13-16-10-9-15(2)19(12-16)26-3/h6-10,12,14,21H,4-5,11,13H2,1-3H3,(H,22,23). The molecular formula is C20H26N2O4S. The van der Waals surface area contributed by atoms with Gasteiger partial charge in [-0.25, -0.2) is 13.1 Å². The van der Waals surface area contributed by atoms with Crippen LogP contribution in [0.3, 0.4) is 0 Å². The average Bonchev–Trinajstić information content (AvgIpc) is 2.63. The van der Waals surface area contributed by atoms with Gasteiger partial charge in [-0.05, 0) is 48.7 Å². The predicted octanol–water partition coefficient (Wildman–Crippen LogP) is 3.26. The summed E-state index contributed by atoms with van der Waals surface area (Å²) >= 11 is 0. The minimum absolute atomic E-state index is 0.133. The molecule has 2 aromatic carbocycles. The molecule has 0 spiro atoms. The second-order valence-electron chi connectivity index (χ2n) is 6.31. The number of sulfonamides is 1. The van der Waals surface area contributed by atoms with Crippen LogP contribution in [-0.2, 0) is 21.2 Å². The largest absolute Gasteiger partial charge is 0.496 e. The van der Waals surface area contributed by atoms with E-state index in [9.17, 15) is 13.2 Å². The van der Waals surface area contributed by atoms with E-state index in [2.05, 4.69) is 10.0 Å². The monoisotopic (exact) mass is 390 g/mol. The second kappa shape index (κ2) is 9.53. The minimum Gasteiger partial charge on any atom is -0.496 e. The Bertz CT molecular complexity index is 895. The number of ether oxygens (including phenoxy) is 1. The number of nitrogens with one attached hydrogen (secondary N) is 2. The predicted molar refractivity (Wildman–Crippen MR) is 107 cm³/mol. The van der Waals surface area contributed by atoms with Crippen molar-refractivity contribution in [2.75, 3.05) is 19.0 Å². The molecule has 0 atom stereocenters. The number of unbranched alkanes of at least 4 members (excludes halogenated alkanes) is 1. The van der Waals surface area contributed by atoms with Gasteiger partial charge >= 0.3 is 0 Å². The van der Waals surface area contributed by atoms with Crippen LogP contribution in [0.2, 0.25) is 0 Å². The molecule has 1 amide bonds. The first kappa shape index (κ1) is 20.9. The van der Waals surface area contributed by atoms with Gasteiger partial charge in [0.05, 0.1) is 18.4 Å². The van der Waals surface area contributed by atoms with Gasteiger partial charge in [0, 0.05) is 12.2 Å². The van der Waals surface area contributed by atoms with E-state index in [1.165, 1.54) is 12.1 Å². The second-order valence-corrected chi connectivity index (χ2v) is 8.08. The number of benzene rings is 2. The van der Waals surface area contributed by atoms with E-state index >= 15 is 0 Å². The molecule has 0 aliphatic rings. The Morgan fingerprint density at radius 2 is 1.93 bits per heavy atom. The van der Waals surface area contributed by atoms with Gasteiger partial charge in [-0.15, -0.1) is 0 Å². The number of amides is 1. The van der Waals surface area contributed by atoms with Crippen LogP contribution < -0.4 is 14.8 Å². The van der Waals surface area contributed by atoms with Crippen molar-refractivity contribution in [3.05, 3.63) is 53.6 Å². The molecule has 7 heteroatoms. The Labute approximate surface area is 161 Å². The third kappa shape index (κ3) is 6.08. The summed E-state index contributed by atoms with van der Waals surface area (Å²) in [7, 11) is -1.99. The van der Waals surface area contributed by atoms with Crippen molar-refractivity contribution in [3.63, 3.8) is 0 Å². The van der Waals surface area contributed by atoms with Crippen molar-refractivity contribution in [3.8, 4) is 5.75 Å². The molecule has 146 valence electrons. The first-order valence-corrected chi connectivity index (χ1v) is 10.4. The van der Waals surface area contributed by atoms with Gasteiger partial charge in [-0.3, -0.25) is 4.79 Å². The molecule has 0 saturated carbocycles. The van der Waals surface area contributed by atoms with E-state index in [4.69, 9.17) is 4.74 Å². The van der Waals surface area contributed by atoms with Gasteiger partial charge < -0.3 is 10.1 Å². The topological polar surface area (TPSA) is 84.5 Å². The van der Waals surface area contributed by atoms with Crippen LogP contribution in [0.1, 0.15) is 30.9 Å². The third-order valence-corrected chi connectivity index (χ3v) is 5.55. The highest BCUT2D eigenvalue weighted by molar-refractivity contribution is 7.89. The SMILES string of the molecule is CCCCNS(=O)(=O)c1cccc(NC(=O)Cc2ccc(C)c(OC)c2)c1. The molecule has 6 nitrogen and oxygen atoms in total. The summed E-state index contributed by atoms with van der Waals surface area (Å²) in [5.74, 6) is 0.501. The number of anilines is 1. The molecule has 27 heavy (non-hydrogen) atoms. The van der Waals surface area contributed by atoms with Gasteiger partial charge in [0.15, 0.2) is 0 Å². The normalized spacial score (nSPS) is 11.2. The van der Waals surface area contributed by atoms with Crippen molar-refractivity contribution < 1.29 is 17.9 Å². The van der Waals surface area contributed by atoms with E-state index in [1.54, 1.807) is 19.2 Å². The Balaban J connectivity index is 2.06. The summed E-state index contributed by atoms with van der Waals surface area (Å²) in [4.78, 5) is 12.5. The molecule has 0 aliphatic heterocycles. The summed E-state index contributed by atoms with van der Waals surface area (Å²) in [6.07, 6.45) is 1.85. The highest BCUT2D eigenvalue weighted by Gasteiger charge is 2.14. The zero-order valence-corrected chi connectivity index (χ0v) is 16.7. The number of methoxy groups -OCH3 is 1. The van der Waals surface area contributed by atoms with Gasteiger partial charge in [0.25, 0.3) is 0 Å². The van der Waals surface area contributed by atoms with Crippen molar-refractivity contribution in [2.24, 2.45) is 0 Å². The number of carbonyl (C=O) groups is 1. The van der Waals surface area contributed by atoms with Crippen LogP contribution in [0.25, 0.3) is 0 Å². The molecule has 0 radical (unpaired) electrons. The van der Waals surface area contributed by atoms with Crippen LogP contribution in [0.5, 0.6) is 5.75 Å². The van der Waals surface area contributed by atoms with Gasteiger partial charge in [0.2, 0.25) is 15.9 Å². The summed E-state index contributed by atoms with van der Waals surface area (Å²) in [5, 5.41) is 2.75. The Hall–Kier alpha value is -2.38. The van der Waals surface area contributed by atoms with Crippen molar-refractivity contribution in [1.29, 1.82) is 0 Å². The lowest BCUT2D eigenvalue weighted by molar-refractivity contribution is -0.115. The molecule has 2 N–H and O–H groups in total. The molecule has 0 aromatic heterocycles. The summed E-state index contributed by atoms with van der Waals surface area (Å²) in [6.45, 7) is 4.32. The van der Waals surface area contributed by atoms with Crippen molar-refractivity contribution in [1.82, 2.24) is 4.72 Å². The Kier molecular flexibility index (Phi) is 7.38. The minimum atomic E-state index is -3.58. The number of carbonyl (C=O) groups excluding carboxylic acids is 1. The number of rotatable bonds is 9. The first-order chi connectivity index (χ1) is 12.9. The maximum absolute atomic E-state index is 12.3. The lowest BCUT2D eigenvalue weighted by Crippen LogP contribution is -2.25. The van der Waals surface area contributed by atoms with Crippen LogP contribution in [0.15, 0.2) is 47.4 Å². The van der Waals surface area contributed by atoms with Crippen LogP contribution in [-0.4, -0.2) is 28.0 Å². The van der Waals surface area contributed by atoms with E-state index in [0.717, 1.165) is 29.7 Å². The van der Waals surface area contributed by atoms with Crippen LogP contribution in [0, 0.1) is 6.92 Å². The molecule has 2 aromatic rings. The van der Waals surface area contributed by atoms with Gasteiger partial charge in [-0.1, -0.05) is 31.5 Å². The molecular weight excluding hydrogens is 364 g/mol. The zero-order valence-electron chi connectivity index (χ0n) is 15.9. The Morgan fingerprint density at radius 1 is 1.15 bits per heavy atom. The van der Waals surface area contributed by atoms with Crippen molar-refractivity contribution in [2.45, 2.75) is 38.0 Å². The smallest absolute Gasteiger partial charge is 0.240 e. The summed E-state index contributed by atoms with van der Waals surface area (Å²) in [5.41, 5.74) is 2.26. The third-order valence-electron chi connectivity index (χ3n) is 4.09. The quantitative estimate of drug-likeness (QED) is 0.644. The highest BCUT2D eigenvalue weighted by Crippen LogP contribution is 2.20. The maximum atomic E-state index is 12.3. The molecule has 0 saturated heterocycles. The fourth-order valence-corrected chi connectivity index (χ4v) is 3.69. The molecule has 2 rings (SSSR count). The van der Waals surface area contributed by atoms with Crippen LogP contribution in [0.4, 0.5) is 5.69 Å². The maximum Gasteiger partial charge on any atom is 0.240 e. The van der Waals surface area contributed by atoms with E-state index in [0.29, 0.717) is 12.2 Å². The van der Waals surface area contributed by atoms with E-state index in [1.807, 2.05) is 32.0 Å². The average molecular weight is 391 g/mol. The van der Waals surface area contributed by atoms with Crippen molar-refractivity contribution >= 4 is 21.6 Å². The molecule has 0 bridgehead atoms. The fourth-order valence-electron chi connectivity index (χ4n) is 2.57. The first-order valence-electron chi connectivity index (χ1n) is 8.89. The van der Waals surface area contributed by atoms with Crippen LogP contribution >= 0.6 is 0 Å². The fraction of sp³-hybridized carbons (Fsp3) is 0.350. The van der Waals surface area contributed by atoms with Gasteiger partial charge in [0.1, 0.15) is 5.75 Å². The molecule has 0 aliphatic carbocycles. The van der Waals surface area contributed by atoms with E-state index in [-0.39, 0.29) is 17.2 Å². The van der Waals surface area contributed by atoms with E-state index < -0.39 is 10.0 Å². The number of hydrogen-bond donors (Lipinski definition) is 2. The molecule has 0 fully saturated rings. The lowest BCUT2D eigenvalue weighted by atomic mass is 10.1. The molecule has 0 heterocycles.